The van der Waals surface area contributed by atoms with Gasteiger partial charge in [-0.25, -0.2) is 0 Å². The summed E-state index contributed by atoms with van der Waals surface area (Å²) in [7, 11) is 2.19. The van der Waals surface area contributed by atoms with Crippen molar-refractivity contribution in [3.8, 4) is 6.07 Å². The minimum absolute atomic E-state index is 0.275. The Kier molecular flexibility index (Phi) is 6.75. The maximum absolute atomic E-state index is 10.0. The number of carbonyl (C=O) groups excluding carboxylic acids is 1. The molecule has 19 heavy (non-hydrogen) atoms. The topological polar surface area (TPSA) is 47.3 Å². The van der Waals surface area contributed by atoms with Crippen LogP contribution in [0.1, 0.15) is 26.7 Å². The molecule has 2 fully saturated rings. The van der Waals surface area contributed by atoms with E-state index in [-0.39, 0.29) is 5.57 Å². The number of likely N-dealkylation sites (N-methyl/N-ethyl adjacent to an activating group) is 1. The molecule has 0 atom stereocenters. The molecule has 2 aliphatic rings. The third kappa shape index (κ3) is 6.51. The lowest BCUT2D eigenvalue weighted by atomic mass is 10.2. The normalized spacial score (nSPS) is 21.5. The molecule has 1 aliphatic heterocycles. The Morgan fingerprint density at radius 3 is 2.21 bits per heavy atom. The van der Waals surface area contributed by atoms with Gasteiger partial charge in [-0.2, -0.15) is 5.26 Å². The van der Waals surface area contributed by atoms with Gasteiger partial charge in [0.1, 0.15) is 6.07 Å². The number of aldehydes is 1. The van der Waals surface area contributed by atoms with Crippen LogP contribution in [0.4, 0.5) is 0 Å². The van der Waals surface area contributed by atoms with E-state index in [0.717, 1.165) is 18.9 Å². The van der Waals surface area contributed by atoms with Gasteiger partial charge in [0, 0.05) is 32.2 Å². The third-order valence-corrected chi connectivity index (χ3v) is 3.56. The Hall–Kier alpha value is -1.18. The van der Waals surface area contributed by atoms with Gasteiger partial charge in [-0.05, 0) is 39.7 Å². The second-order valence-corrected chi connectivity index (χ2v) is 5.62. The van der Waals surface area contributed by atoms with Crippen molar-refractivity contribution in [3.63, 3.8) is 0 Å². The number of nitriles is 1. The van der Waals surface area contributed by atoms with E-state index in [9.17, 15) is 4.79 Å². The molecule has 0 aromatic heterocycles. The second kappa shape index (κ2) is 8.08. The van der Waals surface area contributed by atoms with Crippen LogP contribution in [0.5, 0.6) is 0 Å². The standard InChI is InChI=1S/C8H18N2.C7H7NO/c1-8(2)10-6-4-9(3)5-7-10;8-4-7(5-9)3-6-1-2-6/h8H,4-7H2,1-3H3;3,5-6H,1-2H2/b;7-3-. The molecule has 4 heteroatoms. The van der Waals surface area contributed by atoms with Gasteiger partial charge in [0.15, 0.2) is 6.29 Å². The predicted octanol–water partition coefficient (Wildman–Crippen LogP) is 1.69. The van der Waals surface area contributed by atoms with Crippen molar-refractivity contribution in [3.05, 3.63) is 11.6 Å². The van der Waals surface area contributed by atoms with E-state index in [1.807, 2.05) is 6.07 Å². The lowest BCUT2D eigenvalue weighted by Crippen LogP contribution is -2.47. The van der Waals surface area contributed by atoms with E-state index in [0.29, 0.717) is 12.2 Å². The summed E-state index contributed by atoms with van der Waals surface area (Å²) in [4.78, 5) is 14.9. The first-order valence-corrected chi connectivity index (χ1v) is 7.06. The zero-order valence-electron chi connectivity index (χ0n) is 12.3. The predicted molar refractivity (Wildman–Crippen MR) is 76.7 cm³/mol. The van der Waals surface area contributed by atoms with Gasteiger partial charge in [-0.15, -0.1) is 0 Å². The fraction of sp³-hybridized carbons (Fsp3) is 0.733. The Morgan fingerprint density at radius 1 is 1.26 bits per heavy atom. The average Bonchev–Trinajstić information content (AvgIpc) is 3.21. The molecular formula is C15H25N3O. The summed E-state index contributed by atoms with van der Waals surface area (Å²) in [6.45, 7) is 9.50. The van der Waals surface area contributed by atoms with Crippen molar-refractivity contribution in [2.45, 2.75) is 32.7 Å². The molecule has 106 valence electrons. The molecule has 0 bridgehead atoms. The Labute approximate surface area is 116 Å². The number of nitrogens with zero attached hydrogens (tertiary/aromatic N) is 3. The van der Waals surface area contributed by atoms with E-state index in [1.165, 1.54) is 26.2 Å². The van der Waals surface area contributed by atoms with Gasteiger partial charge in [-0.1, -0.05) is 6.08 Å². The Morgan fingerprint density at radius 2 is 1.84 bits per heavy atom. The molecular weight excluding hydrogens is 238 g/mol. The SMILES string of the molecule is CC(C)N1CCN(C)CC1.N#C/C(C=O)=C/C1CC1. The maximum atomic E-state index is 10.0. The summed E-state index contributed by atoms with van der Waals surface area (Å²) < 4.78 is 0. The summed E-state index contributed by atoms with van der Waals surface area (Å²) in [5.41, 5.74) is 0.275. The molecule has 1 heterocycles. The minimum atomic E-state index is 0.275. The summed E-state index contributed by atoms with van der Waals surface area (Å²) in [5, 5.41) is 8.25. The monoisotopic (exact) mass is 263 g/mol. The van der Waals surface area contributed by atoms with E-state index in [1.54, 1.807) is 6.08 Å². The van der Waals surface area contributed by atoms with Gasteiger partial charge in [0.2, 0.25) is 0 Å². The van der Waals surface area contributed by atoms with Crippen LogP contribution in [0.15, 0.2) is 11.6 Å². The number of carbonyl (C=O) groups is 1. The molecule has 1 aliphatic carbocycles. The first-order chi connectivity index (χ1) is 9.06. The van der Waals surface area contributed by atoms with Crippen molar-refractivity contribution >= 4 is 6.29 Å². The summed E-state index contributed by atoms with van der Waals surface area (Å²) in [6.07, 6.45) is 4.63. The molecule has 0 radical (unpaired) electrons. The van der Waals surface area contributed by atoms with Gasteiger partial charge < -0.3 is 4.90 Å². The largest absolute Gasteiger partial charge is 0.304 e. The molecule has 0 unspecified atom stereocenters. The zero-order chi connectivity index (χ0) is 14.3. The summed E-state index contributed by atoms with van der Waals surface area (Å²) in [5.74, 6) is 0.518. The molecule has 0 N–H and O–H groups in total. The van der Waals surface area contributed by atoms with Crippen LogP contribution in [-0.2, 0) is 4.79 Å². The molecule has 0 amide bonds. The van der Waals surface area contributed by atoms with Crippen molar-refractivity contribution in [1.29, 1.82) is 5.26 Å². The van der Waals surface area contributed by atoms with E-state index >= 15 is 0 Å². The lowest BCUT2D eigenvalue weighted by Gasteiger charge is -2.34. The van der Waals surface area contributed by atoms with E-state index in [2.05, 4.69) is 30.7 Å². The molecule has 2 rings (SSSR count). The highest BCUT2D eigenvalue weighted by Crippen LogP contribution is 2.30. The summed E-state index contributed by atoms with van der Waals surface area (Å²) in [6, 6.07) is 2.55. The lowest BCUT2D eigenvalue weighted by molar-refractivity contribution is -0.104. The average molecular weight is 263 g/mol. The molecule has 0 spiro atoms. The zero-order valence-corrected chi connectivity index (χ0v) is 12.3. The van der Waals surface area contributed by atoms with Crippen LogP contribution in [0.25, 0.3) is 0 Å². The van der Waals surface area contributed by atoms with Crippen molar-refractivity contribution < 1.29 is 4.79 Å². The first-order valence-electron chi connectivity index (χ1n) is 7.06. The fourth-order valence-corrected chi connectivity index (χ4v) is 1.96. The Bertz CT molecular complexity index is 345. The molecule has 1 saturated carbocycles. The van der Waals surface area contributed by atoms with Gasteiger partial charge in [-0.3, -0.25) is 9.69 Å². The second-order valence-electron chi connectivity index (χ2n) is 5.62. The van der Waals surface area contributed by atoms with Crippen molar-refractivity contribution in [2.24, 2.45) is 5.92 Å². The minimum Gasteiger partial charge on any atom is -0.304 e. The van der Waals surface area contributed by atoms with Crippen LogP contribution in [-0.4, -0.2) is 55.4 Å². The smallest absolute Gasteiger partial charge is 0.160 e. The highest BCUT2D eigenvalue weighted by Gasteiger charge is 2.18. The highest BCUT2D eigenvalue weighted by molar-refractivity contribution is 5.78. The molecule has 0 aromatic carbocycles. The maximum Gasteiger partial charge on any atom is 0.160 e. The first kappa shape index (κ1) is 15.9. The van der Waals surface area contributed by atoms with Gasteiger partial charge >= 0.3 is 0 Å². The number of piperazine rings is 1. The van der Waals surface area contributed by atoms with Crippen LogP contribution >= 0.6 is 0 Å². The molecule has 4 nitrogen and oxygen atoms in total. The van der Waals surface area contributed by atoms with Crippen LogP contribution < -0.4 is 0 Å². The number of rotatable bonds is 3. The molecule has 1 saturated heterocycles. The quantitative estimate of drug-likeness (QED) is 0.441. The van der Waals surface area contributed by atoms with Gasteiger partial charge in [0.05, 0.1) is 5.57 Å². The van der Waals surface area contributed by atoms with Crippen molar-refractivity contribution in [1.82, 2.24) is 9.80 Å². The van der Waals surface area contributed by atoms with E-state index < -0.39 is 0 Å². The Balaban J connectivity index is 0.000000191. The number of hydrogen-bond acceptors (Lipinski definition) is 4. The van der Waals surface area contributed by atoms with Crippen molar-refractivity contribution in [2.75, 3.05) is 33.2 Å². The van der Waals surface area contributed by atoms with Gasteiger partial charge in [0.25, 0.3) is 0 Å². The van der Waals surface area contributed by atoms with Crippen LogP contribution in [0.2, 0.25) is 0 Å². The highest BCUT2D eigenvalue weighted by atomic mass is 16.1. The third-order valence-electron chi connectivity index (χ3n) is 3.56. The van der Waals surface area contributed by atoms with Crippen LogP contribution in [0.3, 0.4) is 0 Å². The molecule has 0 aromatic rings. The van der Waals surface area contributed by atoms with Crippen LogP contribution in [0, 0.1) is 17.2 Å². The number of hydrogen-bond donors (Lipinski definition) is 0. The fourth-order valence-electron chi connectivity index (χ4n) is 1.96. The summed E-state index contributed by atoms with van der Waals surface area (Å²) >= 11 is 0. The number of allylic oxidation sites excluding steroid dienone is 2. The van der Waals surface area contributed by atoms with E-state index in [4.69, 9.17) is 5.26 Å².